The van der Waals surface area contributed by atoms with Gasteiger partial charge in [-0.2, -0.15) is 0 Å². The fraction of sp³-hybridized carbons (Fsp3) is 0. The van der Waals surface area contributed by atoms with Crippen LogP contribution in [0.5, 0.6) is 0 Å². The summed E-state index contributed by atoms with van der Waals surface area (Å²) in [4.78, 5) is 7.62. The van der Waals surface area contributed by atoms with Crippen LogP contribution >= 0.6 is 11.3 Å². The van der Waals surface area contributed by atoms with Crippen molar-refractivity contribution in [2.45, 2.75) is 0 Å². The predicted molar refractivity (Wildman–Crippen MR) is 66.3 cm³/mol. The summed E-state index contributed by atoms with van der Waals surface area (Å²) in [5.41, 5.74) is 9.37. The van der Waals surface area contributed by atoms with E-state index in [-0.39, 0.29) is 0 Å². The van der Waals surface area contributed by atoms with Crippen molar-refractivity contribution in [1.29, 1.82) is 0 Å². The number of rotatable bonds is 3. The molecular weight excluding hydrogens is 220 g/mol. The van der Waals surface area contributed by atoms with E-state index in [2.05, 4.69) is 15.0 Å². The van der Waals surface area contributed by atoms with Crippen LogP contribution in [0.4, 0.5) is 5.13 Å². The summed E-state index contributed by atoms with van der Waals surface area (Å²) in [6.07, 6.45) is 5.63. The average molecular weight is 228 g/mol. The molecule has 4 nitrogen and oxygen atoms in total. The van der Waals surface area contributed by atoms with Crippen LogP contribution in [0.3, 0.4) is 0 Å². The molecule has 0 aliphatic heterocycles. The molecule has 0 N–H and O–H groups in total. The fourth-order valence-corrected chi connectivity index (χ4v) is 1.82. The highest BCUT2D eigenvalue weighted by molar-refractivity contribution is 7.16. The third kappa shape index (κ3) is 2.70. The van der Waals surface area contributed by atoms with E-state index in [9.17, 15) is 0 Å². The summed E-state index contributed by atoms with van der Waals surface area (Å²) in [6.45, 7) is 0. The van der Waals surface area contributed by atoms with Crippen LogP contribution in [0.1, 0.15) is 10.4 Å². The maximum Gasteiger partial charge on any atom is 0.180 e. The van der Waals surface area contributed by atoms with Gasteiger partial charge in [-0.15, -0.1) is 11.3 Å². The normalized spacial score (nSPS) is 10.2. The summed E-state index contributed by atoms with van der Waals surface area (Å²) in [6, 6.07) is 9.98. The Balaban J connectivity index is 2.14. The minimum atomic E-state index is 0.440. The Kier molecular flexibility index (Phi) is 3.33. The minimum absolute atomic E-state index is 0.440. The molecule has 0 saturated carbocycles. The van der Waals surface area contributed by atoms with E-state index in [0.717, 1.165) is 10.4 Å². The molecule has 0 radical (unpaired) electrons. The quantitative estimate of drug-likeness (QED) is 0.440. The zero-order chi connectivity index (χ0) is 11.2. The first kappa shape index (κ1) is 10.4. The second-order valence-electron chi connectivity index (χ2n) is 2.98. The minimum Gasteiger partial charge on any atom is -0.242 e. The molecule has 0 amide bonds. The molecule has 2 aromatic rings. The Labute approximate surface area is 96.5 Å². The molecular formula is C11H8N4S. The van der Waals surface area contributed by atoms with Gasteiger partial charge < -0.3 is 0 Å². The zero-order valence-electron chi connectivity index (χ0n) is 8.32. The highest BCUT2D eigenvalue weighted by Gasteiger charge is 1.95. The van der Waals surface area contributed by atoms with Crippen LogP contribution in [-0.2, 0) is 0 Å². The van der Waals surface area contributed by atoms with Crippen molar-refractivity contribution >= 4 is 28.6 Å². The molecule has 1 heterocycles. The Morgan fingerprint density at radius 2 is 2.06 bits per heavy atom. The number of benzene rings is 1. The van der Waals surface area contributed by atoms with Crippen molar-refractivity contribution in [1.82, 2.24) is 4.98 Å². The lowest BCUT2D eigenvalue weighted by molar-refractivity contribution is 1.34. The highest BCUT2D eigenvalue weighted by atomic mass is 32.1. The summed E-state index contributed by atoms with van der Waals surface area (Å²) in [7, 11) is 0. The van der Waals surface area contributed by atoms with Gasteiger partial charge in [0.1, 0.15) is 0 Å². The van der Waals surface area contributed by atoms with E-state index in [4.69, 9.17) is 5.53 Å². The largest absolute Gasteiger partial charge is 0.242 e. The standard InChI is InChI=1S/C11H8N4S/c12-15-14-11-13-8-10(16-11)7-6-9-4-2-1-3-5-9/h1-8H. The molecule has 0 aliphatic rings. The SMILES string of the molecule is [N-]=[N+]=Nc1ncc(C=Cc2ccccc2)s1. The molecule has 0 spiro atoms. The third-order valence-corrected chi connectivity index (χ3v) is 2.73. The van der Waals surface area contributed by atoms with E-state index in [1.54, 1.807) is 6.20 Å². The molecule has 0 aliphatic carbocycles. The molecule has 0 saturated heterocycles. The van der Waals surface area contributed by atoms with Gasteiger partial charge in [0, 0.05) is 16.0 Å². The molecule has 2 rings (SSSR count). The lowest BCUT2D eigenvalue weighted by atomic mass is 10.2. The molecule has 16 heavy (non-hydrogen) atoms. The van der Waals surface area contributed by atoms with Gasteiger partial charge in [0.25, 0.3) is 0 Å². The average Bonchev–Trinajstić information content (AvgIpc) is 2.76. The van der Waals surface area contributed by atoms with Crippen LogP contribution in [0.2, 0.25) is 0 Å². The number of aromatic nitrogens is 1. The van der Waals surface area contributed by atoms with Crippen molar-refractivity contribution in [3.8, 4) is 0 Å². The number of azide groups is 1. The Hall–Kier alpha value is -2.10. The molecule has 0 bridgehead atoms. The van der Waals surface area contributed by atoms with E-state index in [1.165, 1.54) is 11.3 Å². The second kappa shape index (κ2) is 5.11. The third-order valence-electron chi connectivity index (χ3n) is 1.88. The van der Waals surface area contributed by atoms with Crippen LogP contribution in [0, 0.1) is 0 Å². The lowest BCUT2D eigenvalue weighted by Gasteiger charge is -1.89. The highest BCUT2D eigenvalue weighted by Crippen LogP contribution is 2.22. The zero-order valence-corrected chi connectivity index (χ0v) is 9.13. The van der Waals surface area contributed by atoms with Crippen molar-refractivity contribution in [3.63, 3.8) is 0 Å². The maximum absolute atomic E-state index is 8.24. The first-order valence-electron chi connectivity index (χ1n) is 4.62. The van der Waals surface area contributed by atoms with Crippen LogP contribution in [0.25, 0.3) is 22.6 Å². The van der Waals surface area contributed by atoms with Crippen molar-refractivity contribution in [2.75, 3.05) is 0 Å². The second-order valence-corrected chi connectivity index (χ2v) is 4.02. The number of hydrogen-bond donors (Lipinski definition) is 0. The van der Waals surface area contributed by atoms with Gasteiger partial charge in [0.05, 0.1) is 0 Å². The van der Waals surface area contributed by atoms with Gasteiger partial charge in [-0.25, -0.2) is 4.98 Å². The number of hydrogen-bond acceptors (Lipinski definition) is 3. The predicted octanol–water partition coefficient (Wildman–Crippen LogP) is 4.26. The van der Waals surface area contributed by atoms with E-state index in [0.29, 0.717) is 5.13 Å². The van der Waals surface area contributed by atoms with Crippen LogP contribution < -0.4 is 0 Å². The van der Waals surface area contributed by atoms with Crippen LogP contribution in [0.15, 0.2) is 41.6 Å². The van der Waals surface area contributed by atoms with Gasteiger partial charge in [-0.1, -0.05) is 36.4 Å². The van der Waals surface area contributed by atoms with Crippen molar-refractivity contribution in [3.05, 3.63) is 57.4 Å². The molecule has 0 unspecified atom stereocenters. The first-order chi connectivity index (χ1) is 7.88. The van der Waals surface area contributed by atoms with Gasteiger partial charge in [-0.05, 0) is 22.3 Å². The summed E-state index contributed by atoms with van der Waals surface area (Å²) in [5, 5.41) is 3.88. The molecule has 1 aromatic carbocycles. The molecule has 78 valence electrons. The molecule has 5 heteroatoms. The number of thiazole rings is 1. The van der Waals surface area contributed by atoms with Crippen LogP contribution in [-0.4, -0.2) is 4.98 Å². The van der Waals surface area contributed by atoms with Gasteiger partial charge in [-0.3, -0.25) is 0 Å². The van der Waals surface area contributed by atoms with Gasteiger partial charge in [0.2, 0.25) is 0 Å². The van der Waals surface area contributed by atoms with Gasteiger partial charge in [0.15, 0.2) is 5.13 Å². The molecule has 0 fully saturated rings. The topological polar surface area (TPSA) is 61.7 Å². The van der Waals surface area contributed by atoms with Crippen molar-refractivity contribution < 1.29 is 0 Å². The molecule has 1 aromatic heterocycles. The maximum atomic E-state index is 8.24. The summed E-state index contributed by atoms with van der Waals surface area (Å²) in [5.74, 6) is 0. The Morgan fingerprint density at radius 1 is 1.25 bits per heavy atom. The fourth-order valence-electron chi connectivity index (χ4n) is 1.18. The Morgan fingerprint density at radius 3 is 2.81 bits per heavy atom. The van der Waals surface area contributed by atoms with E-state index < -0.39 is 0 Å². The smallest absolute Gasteiger partial charge is 0.180 e. The Bertz CT molecular complexity index is 538. The molecule has 0 atom stereocenters. The van der Waals surface area contributed by atoms with E-state index >= 15 is 0 Å². The summed E-state index contributed by atoms with van der Waals surface area (Å²) >= 11 is 1.36. The van der Waals surface area contributed by atoms with Gasteiger partial charge >= 0.3 is 0 Å². The number of nitrogens with zero attached hydrogens (tertiary/aromatic N) is 4. The first-order valence-corrected chi connectivity index (χ1v) is 5.44. The lowest BCUT2D eigenvalue weighted by Crippen LogP contribution is -1.67. The monoisotopic (exact) mass is 228 g/mol. The van der Waals surface area contributed by atoms with Crippen molar-refractivity contribution in [2.24, 2.45) is 5.11 Å². The summed E-state index contributed by atoms with van der Waals surface area (Å²) < 4.78 is 0. The van der Waals surface area contributed by atoms with E-state index in [1.807, 2.05) is 42.5 Å².